The second-order valence-corrected chi connectivity index (χ2v) is 6.10. The molecule has 3 aromatic rings. The van der Waals surface area contributed by atoms with Gasteiger partial charge in [-0.3, -0.25) is 14.4 Å². The van der Waals surface area contributed by atoms with Crippen molar-refractivity contribution in [3.8, 4) is 11.4 Å². The summed E-state index contributed by atoms with van der Waals surface area (Å²) in [7, 11) is 5.58. The Bertz CT molecular complexity index is 986. The van der Waals surface area contributed by atoms with E-state index in [2.05, 4.69) is 15.1 Å². The Morgan fingerprint density at radius 1 is 1.28 bits per heavy atom. The van der Waals surface area contributed by atoms with Gasteiger partial charge in [-0.05, 0) is 18.4 Å². The largest absolute Gasteiger partial charge is 0.364 e. The lowest BCUT2D eigenvalue weighted by molar-refractivity contribution is 0.0994. The second kappa shape index (κ2) is 5.40. The number of anilines is 2. The van der Waals surface area contributed by atoms with Gasteiger partial charge in [-0.1, -0.05) is 0 Å². The van der Waals surface area contributed by atoms with E-state index in [4.69, 9.17) is 10.7 Å². The summed E-state index contributed by atoms with van der Waals surface area (Å²) in [6, 6.07) is 0. The SMILES string of the molecule is CN(c1ncc2c(n1)-c1c(c(C(N)=O)nn1C)CC2)c1nccn1C. The molecule has 0 aromatic carbocycles. The van der Waals surface area contributed by atoms with E-state index in [9.17, 15) is 4.79 Å². The van der Waals surface area contributed by atoms with Gasteiger partial charge in [0.05, 0.1) is 11.4 Å². The number of imidazole rings is 1. The molecule has 3 aromatic heterocycles. The van der Waals surface area contributed by atoms with Crippen LogP contribution in [0.15, 0.2) is 18.6 Å². The fourth-order valence-corrected chi connectivity index (χ4v) is 3.28. The molecule has 0 spiro atoms. The zero-order valence-corrected chi connectivity index (χ0v) is 14.3. The summed E-state index contributed by atoms with van der Waals surface area (Å²) in [6.45, 7) is 0. The van der Waals surface area contributed by atoms with Crippen molar-refractivity contribution in [2.45, 2.75) is 12.8 Å². The fourth-order valence-electron chi connectivity index (χ4n) is 3.28. The van der Waals surface area contributed by atoms with E-state index in [1.165, 1.54) is 0 Å². The van der Waals surface area contributed by atoms with Crippen molar-refractivity contribution < 1.29 is 4.79 Å². The Morgan fingerprint density at radius 3 is 2.76 bits per heavy atom. The summed E-state index contributed by atoms with van der Waals surface area (Å²) in [4.78, 5) is 27.0. The maximum atomic E-state index is 11.7. The summed E-state index contributed by atoms with van der Waals surface area (Å²) in [5, 5.41) is 4.28. The minimum atomic E-state index is -0.514. The number of hydrogen-bond donors (Lipinski definition) is 1. The highest BCUT2D eigenvalue weighted by Crippen LogP contribution is 2.34. The molecule has 0 atom stereocenters. The number of nitrogens with two attached hydrogens (primary N) is 1. The summed E-state index contributed by atoms with van der Waals surface area (Å²) in [5.41, 5.74) is 9.28. The molecule has 9 nitrogen and oxygen atoms in total. The molecular formula is C16H18N8O. The van der Waals surface area contributed by atoms with E-state index in [-0.39, 0.29) is 0 Å². The molecule has 0 aliphatic heterocycles. The van der Waals surface area contributed by atoms with Gasteiger partial charge >= 0.3 is 0 Å². The molecular weight excluding hydrogens is 320 g/mol. The van der Waals surface area contributed by atoms with Gasteiger partial charge in [0.2, 0.25) is 11.9 Å². The van der Waals surface area contributed by atoms with E-state index in [1.807, 2.05) is 36.0 Å². The van der Waals surface area contributed by atoms with E-state index in [0.717, 1.165) is 34.9 Å². The van der Waals surface area contributed by atoms with Crippen molar-refractivity contribution in [2.24, 2.45) is 19.8 Å². The van der Waals surface area contributed by atoms with Gasteiger partial charge in [0.1, 0.15) is 0 Å². The first-order chi connectivity index (χ1) is 12.0. The number of aromatic nitrogens is 6. The number of carbonyl (C=O) groups is 1. The van der Waals surface area contributed by atoms with Gasteiger partial charge < -0.3 is 10.3 Å². The normalized spacial score (nSPS) is 12.6. The van der Waals surface area contributed by atoms with Gasteiger partial charge in [0, 0.05) is 45.3 Å². The number of carbonyl (C=O) groups excluding carboxylic acids is 1. The zero-order valence-electron chi connectivity index (χ0n) is 14.3. The summed E-state index contributed by atoms with van der Waals surface area (Å²) in [6.07, 6.45) is 6.87. The van der Waals surface area contributed by atoms with Crippen molar-refractivity contribution in [2.75, 3.05) is 11.9 Å². The maximum Gasteiger partial charge on any atom is 0.269 e. The van der Waals surface area contributed by atoms with E-state index in [0.29, 0.717) is 18.1 Å². The summed E-state index contributed by atoms with van der Waals surface area (Å²) >= 11 is 0. The quantitative estimate of drug-likeness (QED) is 0.748. The van der Waals surface area contributed by atoms with Crippen LogP contribution in [0.1, 0.15) is 21.6 Å². The van der Waals surface area contributed by atoms with Crippen LogP contribution in [0, 0.1) is 0 Å². The van der Waals surface area contributed by atoms with Crippen LogP contribution in [0.5, 0.6) is 0 Å². The molecule has 128 valence electrons. The molecule has 1 aliphatic rings. The highest BCUT2D eigenvalue weighted by atomic mass is 16.1. The Balaban J connectivity index is 1.84. The van der Waals surface area contributed by atoms with Crippen molar-refractivity contribution in [3.05, 3.63) is 35.4 Å². The van der Waals surface area contributed by atoms with Gasteiger partial charge in [-0.2, -0.15) is 5.10 Å². The first kappa shape index (κ1) is 15.3. The van der Waals surface area contributed by atoms with Crippen LogP contribution < -0.4 is 10.6 Å². The standard InChI is InChI=1S/C16H18N8O/c1-22-7-6-18-16(22)23(2)15-19-8-9-4-5-10-12(14(17)25)21-24(3)13(10)11(9)20-15/h6-8H,4-5H2,1-3H3,(H2,17,25). The molecule has 0 saturated carbocycles. The lowest BCUT2D eigenvalue weighted by atomic mass is 9.93. The number of nitrogens with zero attached hydrogens (tertiary/aromatic N) is 7. The van der Waals surface area contributed by atoms with Gasteiger partial charge in [0.15, 0.2) is 5.69 Å². The molecule has 0 fully saturated rings. The minimum absolute atomic E-state index is 0.320. The van der Waals surface area contributed by atoms with E-state index in [1.54, 1.807) is 17.9 Å². The summed E-state index contributed by atoms with van der Waals surface area (Å²) in [5.74, 6) is 0.751. The highest BCUT2D eigenvalue weighted by Gasteiger charge is 2.28. The predicted octanol–water partition coefficient (Wildman–Crippen LogP) is 0.576. The number of rotatable bonds is 3. The lowest BCUT2D eigenvalue weighted by Gasteiger charge is -2.20. The molecule has 3 heterocycles. The van der Waals surface area contributed by atoms with Crippen LogP contribution in [0.2, 0.25) is 0 Å². The van der Waals surface area contributed by atoms with Gasteiger partial charge in [-0.15, -0.1) is 0 Å². The molecule has 0 bridgehead atoms. The summed E-state index contributed by atoms with van der Waals surface area (Å²) < 4.78 is 3.56. The third-order valence-corrected chi connectivity index (χ3v) is 4.49. The molecule has 1 aliphatic carbocycles. The van der Waals surface area contributed by atoms with E-state index >= 15 is 0 Å². The van der Waals surface area contributed by atoms with Gasteiger partial charge in [0.25, 0.3) is 5.91 Å². The number of primary amides is 1. The minimum Gasteiger partial charge on any atom is -0.364 e. The first-order valence-electron chi connectivity index (χ1n) is 7.90. The first-order valence-corrected chi connectivity index (χ1v) is 7.90. The van der Waals surface area contributed by atoms with Crippen LogP contribution in [0.3, 0.4) is 0 Å². The third-order valence-electron chi connectivity index (χ3n) is 4.49. The molecule has 0 radical (unpaired) electrons. The third kappa shape index (κ3) is 2.27. The van der Waals surface area contributed by atoms with Crippen LogP contribution >= 0.6 is 0 Å². The Morgan fingerprint density at radius 2 is 2.08 bits per heavy atom. The Kier molecular flexibility index (Phi) is 3.31. The average Bonchev–Trinajstić information content (AvgIpc) is 3.17. The number of aryl methyl sites for hydroxylation is 3. The molecule has 9 heteroatoms. The van der Waals surface area contributed by atoms with E-state index < -0.39 is 5.91 Å². The predicted molar refractivity (Wildman–Crippen MR) is 91.4 cm³/mol. The van der Waals surface area contributed by atoms with Crippen molar-refractivity contribution >= 4 is 17.8 Å². The number of amides is 1. The molecule has 4 rings (SSSR count). The molecule has 0 unspecified atom stereocenters. The molecule has 25 heavy (non-hydrogen) atoms. The highest BCUT2D eigenvalue weighted by molar-refractivity contribution is 5.94. The topological polar surface area (TPSA) is 108 Å². The van der Waals surface area contributed by atoms with Crippen LogP contribution in [0.25, 0.3) is 11.4 Å². The number of hydrogen-bond acceptors (Lipinski definition) is 6. The Labute approximate surface area is 144 Å². The maximum absolute atomic E-state index is 11.7. The fraction of sp³-hybridized carbons (Fsp3) is 0.312. The second-order valence-electron chi connectivity index (χ2n) is 6.10. The average molecular weight is 338 g/mol. The molecule has 2 N–H and O–H groups in total. The Hall–Kier alpha value is -3.23. The van der Waals surface area contributed by atoms with Crippen LogP contribution in [-0.4, -0.2) is 42.3 Å². The van der Waals surface area contributed by atoms with Crippen LogP contribution in [-0.2, 0) is 26.9 Å². The van der Waals surface area contributed by atoms with Crippen molar-refractivity contribution in [1.82, 2.24) is 29.3 Å². The van der Waals surface area contributed by atoms with Gasteiger partial charge in [-0.25, -0.2) is 15.0 Å². The lowest BCUT2D eigenvalue weighted by Crippen LogP contribution is -2.19. The number of fused-ring (bicyclic) bond motifs is 3. The molecule has 1 amide bonds. The van der Waals surface area contributed by atoms with Crippen molar-refractivity contribution in [1.29, 1.82) is 0 Å². The van der Waals surface area contributed by atoms with Crippen LogP contribution in [0.4, 0.5) is 11.9 Å². The smallest absolute Gasteiger partial charge is 0.269 e. The van der Waals surface area contributed by atoms with Crippen molar-refractivity contribution in [3.63, 3.8) is 0 Å². The zero-order chi connectivity index (χ0) is 17.7. The monoisotopic (exact) mass is 338 g/mol. The molecule has 0 saturated heterocycles.